The van der Waals surface area contributed by atoms with Gasteiger partial charge in [-0.15, -0.1) is 11.6 Å². The highest BCUT2D eigenvalue weighted by atomic mass is 35.5. The lowest BCUT2D eigenvalue weighted by Crippen LogP contribution is -2.65. The van der Waals surface area contributed by atoms with E-state index < -0.39 is 198 Å². The largest absolute Gasteiger partial charge is 0.393 e. The van der Waals surface area contributed by atoms with Crippen LogP contribution in [0.25, 0.3) is 0 Å². The monoisotopic (exact) mass is 1470 g/mol. The summed E-state index contributed by atoms with van der Waals surface area (Å²) < 4.78 is 71.0. The number of nitrogens with zero attached hydrogens (tertiary/aromatic N) is 9. The Hall–Kier alpha value is -6.42. The van der Waals surface area contributed by atoms with E-state index in [1.54, 1.807) is 6.92 Å². The number of amides is 12. The van der Waals surface area contributed by atoms with Crippen LogP contribution in [-0.2, 0) is 57.5 Å². The molecule has 102 heavy (non-hydrogen) atoms. The lowest BCUT2D eigenvalue weighted by molar-refractivity contribution is -0.182. The van der Waals surface area contributed by atoms with Gasteiger partial charge in [0.05, 0.1) is 18.9 Å². The molecule has 0 radical (unpaired) electrons. The van der Waals surface area contributed by atoms with E-state index >= 15 is 24.0 Å². The summed E-state index contributed by atoms with van der Waals surface area (Å²) in [6.45, 7) is 8.17. The number of nitrogens with one attached hydrogen (secondary N) is 3. The predicted octanol–water partition coefficient (Wildman–Crippen LogP) is 6.58. The van der Waals surface area contributed by atoms with E-state index in [9.17, 15) is 55.5 Å². The third-order valence-corrected chi connectivity index (χ3v) is 23.7. The highest BCUT2D eigenvalue weighted by molar-refractivity contribution is 6.21. The third-order valence-electron chi connectivity index (χ3n) is 23.2. The van der Waals surface area contributed by atoms with Gasteiger partial charge in [0, 0.05) is 81.8 Å². The second-order valence-electron chi connectivity index (χ2n) is 30.9. The zero-order valence-electron chi connectivity index (χ0n) is 62.6. The summed E-state index contributed by atoms with van der Waals surface area (Å²) in [5, 5.41) is 7.16. The fourth-order valence-corrected chi connectivity index (χ4v) is 16.7. The number of carbonyl (C=O) groups excluding carboxylic acids is 12. The number of alkyl halides is 6. The maximum absolute atomic E-state index is 15.6. The first-order valence-electron chi connectivity index (χ1n) is 37.0. The van der Waals surface area contributed by atoms with Crippen molar-refractivity contribution in [2.45, 2.75) is 273 Å². The van der Waals surface area contributed by atoms with Crippen molar-refractivity contribution in [1.82, 2.24) is 60.0 Å². The van der Waals surface area contributed by atoms with Crippen molar-refractivity contribution in [1.29, 1.82) is 0 Å². The Bertz CT molecular complexity index is 2970. The van der Waals surface area contributed by atoms with Crippen molar-refractivity contribution < 1.29 is 79.5 Å². The maximum atomic E-state index is 15.6. The van der Waals surface area contributed by atoms with Crippen LogP contribution < -0.4 is 16.0 Å². The Kier molecular flexibility index (Phi) is 30.7. The first-order chi connectivity index (χ1) is 47.8. The fraction of sp³-hybridized carbons (Fsp3) is 0.833. The van der Waals surface area contributed by atoms with Crippen LogP contribution in [0.5, 0.6) is 0 Å². The summed E-state index contributed by atoms with van der Waals surface area (Å²) in [6, 6.07) is -12.0. The molecule has 3 unspecified atom stereocenters. The fourth-order valence-electron chi connectivity index (χ4n) is 16.2. The molecule has 4 saturated carbocycles. The Morgan fingerprint density at radius 1 is 0.637 bits per heavy atom. The van der Waals surface area contributed by atoms with Gasteiger partial charge in [0.1, 0.15) is 59.9 Å². The van der Waals surface area contributed by atoms with E-state index in [0.29, 0.717) is 44.9 Å². The molecule has 0 bridgehead atoms. The zero-order chi connectivity index (χ0) is 76.2. The predicted molar refractivity (Wildman–Crippen MR) is 372 cm³/mol. The molecule has 6 fully saturated rings. The Morgan fingerprint density at radius 3 is 1.79 bits per heavy atom. The van der Waals surface area contributed by atoms with Crippen molar-refractivity contribution in [3.63, 3.8) is 0 Å². The van der Waals surface area contributed by atoms with Crippen LogP contribution >= 0.6 is 11.6 Å². The minimum atomic E-state index is -4.57. The maximum Gasteiger partial charge on any atom is 0.393 e. The molecule has 2 saturated heterocycles. The van der Waals surface area contributed by atoms with Crippen LogP contribution in [0.1, 0.15) is 195 Å². The molecule has 0 aromatic carbocycles. The minimum Gasteiger partial charge on any atom is -0.347 e. The lowest BCUT2D eigenvalue weighted by Gasteiger charge is -2.45. The number of halogens is 6. The van der Waals surface area contributed by atoms with Crippen LogP contribution in [0, 0.1) is 35.5 Å². The van der Waals surface area contributed by atoms with E-state index in [2.05, 4.69) is 16.0 Å². The third kappa shape index (κ3) is 20.8. The number of likely N-dealkylation sites (N-methyl/N-ethyl adjacent to an activating group) is 8. The van der Waals surface area contributed by atoms with Gasteiger partial charge in [0.15, 0.2) is 0 Å². The highest BCUT2D eigenvalue weighted by Gasteiger charge is 2.53. The number of carbonyl (C=O) groups is 12. The minimum absolute atomic E-state index is 0.0180. The molecule has 578 valence electrons. The van der Waals surface area contributed by atoms with Gasteiger partial charge in [-0.3, -0.25) is 57.5 Å². The molecule has 3 N–H and O–H groups in total. The van der Waals surface area contributed by atoms with Crippen molar-refractivity contribution in [3.8, 4) is 0 Å². The van der Waals surface area contributed by atoms with E-state index in [1.807, 2.05) is 20.8 Å². The second kappa shape index (κ2) is 37.0. The Balaban J connectivity index is 1.46. The van der Waals surface area contributed by atoms with E-state index in [4.69, 9.17) is 11.6 Å². The molecular weight excluding hydrogens is 1360 g/mol. The molecule has 30 heteroatoms. The average molecular weight is 1470 g/mol. The summed E-state index contributed by atoms with van der Waals surface area (Å²) in [6.07, 6.45) is -2.12. The Morgan fingerprint density at radius 2 is 1.25 bits per heavy atom. The molecule has 2 heterocycles. The van der Waals surface area contributed by atoms with Gasteiger partial charge in [-0.1, -0.05) is 91.9 Å². The molecule has 2 aliphatic heterocycles. The van der Waals surface area contributed by atoms with Gasteiger partial charge in [0.2, 0.25) is 77.3 Å². The number of rotatable bonds is 14. The summed E-state index contributed by atoms with van der Waals surface area (Å²) >= 11 is 6.37. The second-order valence-corrected chi connectivity index (χ2v) is 31.5. The number of fused-ring (bicyclic) bond motifs is 1. The van der Waals surface area contributed by atoms with Crippen LogP contribution in [0.3, 0.4) is 0 Å². The van der Waals surface area contributed by atoms with Crippen LogP contribution in [0.15, 0.2) is 0 Å². The smallest absolute Gasteiger partial charge is 0.347 e. The van der Waals surface area contributed by atoms with Gasteiger partial charge >= 0.3 is 6.18 Å². The molecule has 1 spiro atoms. The van der Waals surface area contributed by atoms with Gasteiger partial charge in [-0.05, 0) is 120 Å². The highest BCUT2D eigenvalue weighted by Crippen LogP contribution is 2.44. The van der Waals surface area contributed by atoms with Crippen LogP contribution in [0.4, 0.5) is 22.0 Å². The number of hydrogen-bond donors (Lipinski definition) is 3. The molecule has 13 atom stereocenters. The molecule has 0 aromatic rings. The summed E-state index contributed by atoms with van der Waals surface area (Å²) in [5.74, 6) is -12.4. The van der Waals surface area contributed by atoms with Gasteiger partial charge < -0.3 is 60.0 Å². The first kappa shape index (κ1) is 84.5. The zero-order valence-corrected chi connectivity index (χ0v) is 63.4. The summed E-state index contributed by atoms with van der Waals surface area (Å²) in [7, 11) is 12.4. The van der Waals surface area contributed by atoms with Crippen molar-refractivity contribution in [3.05, 3.63) is 0 Å². The normalized spacial score (nSPS) is 30.1. The molecule has 6 rings (SSSR count). The molecule has 12 amide bonds. The lowest BCUT2D eigenvalue weighted by atomic mass is 9.78. The van der Waals surface area contributed by atoms with Crippen LogP contribution in [-0.4, -0.2) is 269 Å². The van der Waals surface area contributed by atoms with E-state index in [1.165, 1.54) is 99.8 Å². The molecule has 24 nitrogen and oxygen atoms in total. The summed E-state index contributed by atoms with van der Waals surface area (Å²) in [5.41, 5.74) is -1.78. The van der Waals surface area contributed by atoms with Gasteiger partial charge in [-0.25, -0.2) is 8.78 Å². The molecule has 4 aliphatic carbocycles. The molecule has 6 aliphatic rings. The molecule has 0 aromatic heterocycles. The van der Waals surface area contributed by atoms with Crippen LogP contribution in [0.2, 0.25) is 0 Å². The first-order valence-corrected chi connectivity index (χ1v) is 37.5. The SMILES string of the molecule is CC[C@H](C)[C@@H]1NC(=O)[C@H](CC(C)C)N(C)C(=O)C[C@@H](C(=O)N(C)C)N(C)C(=O)[C@H](C2CCCC2)N(C)C(=O)C2(CCCC2)NC(=O)[C@H](CCC(F)F)N(C)C(=O)[C@H](CCC2CCC(C(F)(F)F)C(Cl)C2)NC(=O)CN(C)C(=O)[C@H](CC2CCCCC2)N(C)C(=O)[C@@H]2CCN2C(=O)[C@H](C)N(C)C1=O. The standard InChI is InChI=1S/C72H116ClF5N12O12/c1-15-43(4)59-68(100)84(9)44(5)63(95)90-36-33-52(90)67(99)87(12)54(39-45-23-17-16-18-24-45)66(98)83(8)41-57(91)79-50(30-28-46-27-29-48(49(73)38-46)72(76,77)78)64(96)86(11)51(31-32-56(74)75)62(94)81-71(34-21-22-35-71)70(102)89(14)60(47-25-19-20-26-47)69(101)88(13)55(65(97)82(6)7)40-58(92)85(10)53(37-42(2)3)61(93)80-59/h42-56,59-60H,15-41H2,1-14H3,(H,79,91)(H,80,93)(H,81,94)/t43-,44-,46?,48?,49?,50-,51-,52-,53-,54-,55-,59-,60-/m0/s1. The average Bonchev–Trinajstić information content (AvgIpc) is 1.66. The molecular formula is C72H116ClF5N12O12. The Labute approximate surface area is 604 Å². The van der Waals surface area contributed by atoms with Gasteiger partial charge in [-0.2, -0.15) is 13.2 Å². The van der Waals surface area contributed by atoms with E-state index in [0.717, 1.165) is 46.8 Å². The topological polar surface area (TPSA) is 270 Å². The van der Waals surface area contributed by atoms with Crippen molar-refractivity contribution in [2.75, 3.05) is 76.5 Å². The van der Waals surface area contributed by atoms with E-state index in [-0.39, 0.29) is 82.6 Å². The van der Waals surface area contributed by atoms with Crippen molar-refractivity contribution >= 4 is 82.5 Å². The van der Waals surface area contributed by atoms with Gasteiger partial charge in [0.25, 0.3) is 0 Å². The quantitative estimate of drug-likeness (QED) is 0.123. The van der Waals surface area contributed by atoms with Crippen molar-refractivity contribution in [2.24, 2.45) is 35.5 Å². The number of hydrogen-bond acceptors (Lipinski definition) is 12. The summed E-state index contributed by atoms with van der Waals surface area (Å²) in [4.78, 5) is 190.